The van der Waals surface area contributed by atoms with Crippen molar-refractivity contribution < 1.29 is 23.1 Å². The lowest BCUT2D eigenvalue weighted by molar-refractivity contribution is -0.130. The van der Waals surface area contributed by atoms with Gasteiger partial charge < -0.3 is 10.0 Å². The van der Waals surface area contributed by atoms with Gasteiger partial charge >= 0.3 is 6.18 Å². The number of rotatable bonds is 0. The highest BCUT2D eigenvalue weighted by Gasteiger charge is 2.39. The average molecular weight is 209 g/mol. The van der Waals surface area contributed by atoms with Crippen LogP contribution in [0.3, 0.4) is 0 Å². The highest BCUT2D eigenvalue weighted by molar-refractivity contribution is 5.75. The van der Waals surface area contributed by atoms with Crippen molar-refractivity contribution >= 4 is 5.91 Å². The van der Waals surface area contributed by atoms with Crippen molar-refractivity contribution in [2.75, 3.05) is 6.54 Å². The molecule has 0 radical (unpaired) electrons. The Labute approximate surface area is 78.8 Å². The first-order chi connectivity index (χ1) is 6.34. The van der Waals surface area contributed by atoms with Gasteiger partial charge in [-0.25, -0.2) is 0 Å². The van der Waals surface area contributed by atoms with Crippen LogP contribution in [0.1, 0.15) is 19.8 Å². The number of carbonyl (C=O) groups is 1. The molecule has 1 heterocycles. The maximum atomic E-state index is 12.1. The number of hydrogen-bond acceptors (Lipinski definition) is 2. The summed E-state index contributed by atoms with van der Waals surface area (Å²) in [5.74, 6) is -2.13. The monoisotopic (exact) mass is 209 g/mol. The molecule has 0 aromatic heterocycles. The molecule has 1 rings (SSSR count). The fraction of sp³-hybridized carbons (Fsp3) is 0.625. The minimum atomic E-state index is -4.77. The lowest BCUT2D eigenvalue weighted by atomic mass is 10.2. The van der Waals surface area contributed by atoms with Gasteiger partial charge in [0.2, 0.25) is 11.7 Å². The zero-order valence-electron chi connectivity index (χ0n) is 7.56. The maximum absolute atomic E-state index is 12.1. The second-order valence-electron chi connectivity index (χ2n) is 3.07. The summed E-state index contributed by atoms with van der Waals surface area (Å²) in [5.41, 5.74) is -0.315. The second-order valence-corrected chi connectivity index (χ2v) is 3.07. The van der Waals surface area contributed by atoms with E-state index in [0.717, 1.165) is 4.90 Å². The summed E-state index contributed by atoms with van der Waals surface area (Å²) in [6.45, 7) is 1.42. The lowest BCUT2D eigenvalue weighted by Gasteiger charge is -2.17. The van der Waals surface area contributed by atoms with Crippen LogP contribution in [0.25, 0.3) is 0 Å². The number of alkyl halides is 3. The van der Waals surface area contributed by atoms with E-state index in [4.69, 9.17) is 5.11 Å². The maximum Gasteiger partial charge on any atom is 0.450 e. The van der Waals surface area contributed by atoms with E-state index in [2.05, 4.69) is 0 Å². The molecule has 0 saturated carbocycles. The normalized spacial score (nSPS) is 21.3. The van der Waals surface area contributed by atoms with E-state index in [0.29, 0.717) is 6.42 Å². The highest BCUT2D eigenvalue weighted by atomic mass is 19.4. The third kappa shape index (κ3) is 2.00. The van der Waals surface area contributed by atoms with Crippen molar-refractivity contribution in [3.05, 3.63) is 11.5 Å². The van der Waals surface area contributed by atoms with Crippen molar-refractivity contribution in [1.29, 1.82) is 0 Å². The Morgan fingerprint density at radius 3 is 2.50 bits per heavy atom. The zero-order valence-corrected chi connectivity index (χ0v) is 7.56. The molecule has 1 aliphatic heterocycles. The third-order valence-corrected chi connectivity index (χ3v) is 2.04. The average Bonchev–Trinajstić information content (AvgIpc) is 2.48. The van der Waals surface area contributed by atoms with Crippen LogP contribution in [0.4, 0.5) is 13.2 Å². The zero-order chi connectivity index (χ0) is 10.9. The van der Waals surface area contributed by atoms with Gasteiger partial charge in [0, 0.05) is 13.5 Å². The van der Waals surface area contributed by atoms with E-state index >= 15 is 0 Å². The van der Waals surface area contributed by atoms with E-state index in [1.165, 1.54) is 6.92 Å². The number of allylic oxidation sites excluding steroid dienone is 2. The van der Waals surface area contributed by atoms with E-state index in [1.54, 1.807) is 0 Å². The summed E-state index contributed by atoms with van der Waals surface area (Å²) in [4.78, 5) is 11.9. The van der Waals surface area contributed by atoms with Crippen LogP contribution >= 0.6 is 0 Å². The van der Waals surface area contributed by atoms with E-state index in [-0.39, 0.29) is 18.7 Å². The van der Waals surface area contributed by atoms with E-state index in [9.17, 15) is 18.0 Å². The molecule has 1 amide bonds. The SMILES string of the molecule is CC(=O)N1CCCC1=C(O)C(F)(F)F. The predicted molar refractivity (Wildman–Crippen MR) is 42.3 cm³/mol. The summed E-state index contributed by atoms with van der Waals surface area (Å²) in [6, 6.07) is 0. The lowest BCUT2D eigenvalue weighted by Crippen LogP contribution is -2.27. The van der Waals surface area contributed by atoms with Gasteiger partial charge in [-0.15, -0.1) is 0 Å². The van der Waals surface area contributed by atoms with Crippen LogP contribution < -0.4 is 0 Å². The minimum absolute atomic E-state index is 0.0882. The molecule has 1 aliphatic rings. The van der Waals surface area contributed by atoms with Gasteiger partial charge in [-0.1, -0.05) is 0 Å². The fourth-order valence-electron chi connectivity index (χ4n) is 1.43. The Balaban J connectivity index is 3.01. The van der Waals surface area contributed by atoms with Gasteiger partial charge in [0.15, 0.2) is 0 Å². The molecule has 0 aliphatic carbocycles. The molecule has 6 heteroatoms. The summed E-state index contributed by atoms with van der Waals surface area (Å²) < 4.78 is 36.3. The van der Waals surface area contributed by atoms with Gasteiger partial charge in [-0.05, 0) is 12.8 Å². The third-order valence-electron chi connectivity index (χ3n) is 2.04. The van der Waals surface area contributed by atoms with E-state index in [1.807, 2.05) is 0 Å². The summed E-state index contributed by atoms with van der Waals surface area (Å²) in [6.07, 6.45) is -4.23. The first-order valence-electron chi connectivity index (χ1n) is 4.11. The van der Waals surface area contributed by atoms with Gasteiger partial charge in [0.05, 0.1) is 5.70 Å². The van der Waals surface area contributed by atoms with Crippen molar-refractivity contribution in [2.45, 2.75) is 25.9 Å². The van der Waals surface area contributed by atoms with Crippen molar-refractivity contribution in [3.63, 3.8) is 0 Å². The number of aliphatic hydroxyl groups is 1. The molecule has 14 heavy (non-hydrogen) atoms. The highest BCUT2D eigenvalue weighted by Crippen LogP contribution is 2.32. The Morgan fingerprint density at radius 2 is 2.07 bits per heavy atom. The fourth-order valence-corrected chi connectivity index (χ4v) is 1.43. The summed E-state index contributed by atoms with van der Waals surface area (Å²) in [5, 5.41) is 8.87. The molecule has 0 aromatic carbocycles. The molecule has 0 atom stereocenters. The number of likely N-dealkylation sites (tertiary alicyclic amines) is 1. The predicted octanol–water partition coefficient (Wildman–Crippen LogP) is 1.96. The van der Waals surface area contributed by atoms with Crippen LogP contribution in [0, 0.1) is 0 Å². The van der Waals surface area contributed by atoms with E-state index < -0.39 is 17.8 Å². The Kier molecular flexibility index (Phi) is 2.73. The molecular formula is C8H10F3NO2. The van der Waals surface area contributed by atoms with Crippen molar-refractivity contribution in [1.82, 2.24) is 4.90 Å². The van der Waals surface area contributed by atoms with Gasteiger partial charge in [-0.2, -0.15) is 13.2 Å². The number of aliphatic hydroxyl groups excluding tert-OH is 1. The molecule has 0 bridgehead atoms. The number of halogens is 3. The first-order valence-corrected chi connectivity index (χ1v) is 4.11. The van der Waals surface area contributed by atoms with Gasteiger partial charge in [-0.3, -0.25) is 4.79 Å². The van der Waals surface area contributed by atoms with Crippen LogP contribution in [0.2, 0.25) is 0 Å². The molecule has 0 spiro atoms. The quantitative estimate of drug-likeness (QED) is 0.619. The first kappa shape index (κ1) is 10.9. The van der Waals surface area contributed by atoms with Gasteiger partial charge in [0.1, 0.15) is 0 Å². The Morgan fingerprint density at radius 1 is 1.50 bits per heavy atom. The topological polar surface area (TPSA) is 40.5 Å². The largest absolute Gasteiger partial charge is 0.503 e. The Hall–Kier alpha value is -1.20. The van der Waals surface area contributed by atoms with Crippen LogP contribution in [0.5, 0.6) is 0 Å². The van der Waals surface area contributed by atoms with Crippen LogP contribution in [-0.2, 0) is 4.79 Å². The minimum Gasteiger partial charge on any atom is -0.503 e. The molecule has 0 unspecified atom stereocenters. The molecule has 1 fully saturated rings. The second kappa shape index (κ2) is 3.51. The van der Waals surface area contributed by atoms with Gasteiger partial charge in [0.25, 0.3) is 0 Å². The van der Waals surface area contributed by atoms with Crippen molar-refractivity contribution in [3.8, 4) is 0 Å². The number of hydrogen-bond donors (Lipinski definition) is 1. The van der Waals surface area contributed by atoms with Crippen LogP contribution in [0.15, 0.2) is 11.5 Å². The molecule has 3 nitrogen and oxygen atoms in total. The van der Waals surface area contributed by atoms with Crippen molar-refractivity contribution in [2.24, 2.45) is 0 Å². The smallest absolute Gasteiger partial charge is 0.450 e. The molecular weight excluding hydrogens is 199 g/mol. The molecule has 0 aromatic rings. The number of nitrogens with zero attached hydrogens (tertiary/aromatic N) is 1. The molecule has 1 saturated heterocycles. The number of amides is 1. The number of carbonyl (C=O) groups excluding carboxylic acids is 1. The summed E-state index contributed by atoms with van der Waals surface area (Å²) >= 11 is 0. The molecule has 80 valence electrons. The Bertz CT molecular complexity index is 283. The van der Waals surface area contributed by atoms with Crippen LogP contribution in [-0.4, -0.2) is 28.6 Å². The standard InChI is InChI=1S/C8H10F3NO2/c1-5(13)12-4-2-3-6(12)7(14)8(9,10)11/h14H,2-4H2,1H3. The molecule has 1 N–H and O–H groups in total. The summed E-state index contributed by atoms with van der Waals surface area (Å²) in [7, 11) is 0.